The molecule has 0 saturated heterocycles. The van der Waals surface area contributed by atoms with Gasteiger partial charge in [-0.15, -0.1) is 0 Å². The molecule has 1 aromatic rings. The summed E-state index contributed by atoms with van der Waals surface area (Å²) in [6.07, 6.45) is 3.24. The SMILES string of the molecule is CSCCC(C)N(C)Cc1ccc(F)c(C#CCO)c1. The zero-order chi connectivity index (χ0) is 15.0. The second-order valence-electron chi connectivity index (χ2n) is 4.82. The second kappa shape index (κ2) is 9.02. The van der Waals surface area contributed by atoms with E-state index in [1.165, 1.54) is 6.07 Å². The quantitative estimate of drug-likeness (QED) is 0.816. The van der Waals surface area contributed by atoms with Gasteiger partial charge in [-0.2, -0.15) is 11.8 Å². The molecule has 0 heterocycles. The van der Waals surface area contributed by atoms with Crippen LogP contribution in [0.25, 0.3) is 0 Å². The third kappa shape index (κ3) is 5.54. The normalized spacial score (nSPS) is 12.1. The molecule has 1 N–H and O–H groups in total. The van der Waals surface area contributed by atoms with Gasteiger partial charge in [-0.3, -0.25) is 4.90 Å². The lowest BCUT2D eigenvalue weighted by Gasteiger charge is -2.24. The second-order valence-corrected chi connectivity index (χ2v) is 5.81. The average Bonchev–Trinajstić information content (AvgIpc) is 2.45. The molecule has 1 unspecified atom stereocenters. The van der Waals surface area contributed by atoms with E-state index in [1.807, 2.05) is 11.8 Å². The first-order chi connectivity index (χ1) is 9.58. The monoisotopic (exact) mass is 295 g/mol. The standard InChI is InChI=1S/C16H22FNOS/c1-13(8-10-20-3)18(2)12-14-6-7-16(17)15(11-14)5-4-9-19/h6-7,11,13,19H,8-10,12H2,1-3H3. The number of hydrogen-bond donors (Lipinski definition) is 1. The van der Waals surface area contributed by atoms with Gasteiger partial charge in [0.1, 0.15) is 12.4 Å². The summed E-state index contributed by atoms with van der Waals surface area (Å²) < 4.78 is 13.6. The van der Waals surface area contributed by atoms with E-state index in [9.17, 15) is 4.39 Å². The van der Waals surface area contributed by atoms with Crippen LogP contribution in [0.2, 0.25) is 0 Å². The van der Waals surface area contributed by atoms with Crippen molar-refractivity contribution in [3.8, 4) is 11.8 Å². The number of aliphatic hydroxyl groups excluding tert-OH is 1. The Bertz CT molecular complexity index is 481. The van der Waals surface area contributed by atoms with Crippen molar-refractivity contribution >= 4 is 11.8 Å². The number of halogens is 1. The van der Waals surface area contributed by atoms with Gasteiger partial charge in [-0.25, -0.2) is 4.39 Å². The minimum atomic E-state index is -0.340. The van der Waals surface area contributed by atoms with Crippen molar-refractivity contribution in [2.24, 2.45) is 0 Å². The highest BCUT2D eigenvalue weighted by molar-refractivity contribution is 7.98. The molecule has 0 radical (unpaired) electrons. The lowest BCUT2D eigenvalue weighted by Crippen LogP contribution is -2.29. The largest absolute Gasteiger partial charge is 0.384 e. The molecule has 2 nitrogen and oxygen atoms in total. The Balaban J connectivity index is 2.72. The molecule has 0 aliphatic carbocycles. The molecule has 0 bridgehead atoms. The predicted molar refractivity (Wildman–Crippen MR) is 84.3 cm³/mol. The lowest BCUT2D eigenvalue weighted by atomic mass is 10.1. The molecule has 1 rings (SSSR count). The Morgan fingerprint density at radius 1 is 1.45 bits per heavy atom. The van der Waals surface area contributed by atoms with Gasteiger partial charge in [0.2, 0.25) is 0 Å². The van der Waals surface area contributed by atoms with Crippen LogP contribution in [0.15, 0.2) is 18.2 Å². The molecule has 4 heteroatoms. The maximum atomic E-state index is 13.6. The van der Waals surface area contributed by atoms with Gasteiger partial charge in [-0.1, -0.05) is 17.9 Å². The van der Waals surface area contributed by atoms with Gasteiger partial charge < -0.3 is 5.11 Å². The summed E-state index contributed by atoms with van der Waals surface area (Å²) in [6.45, 7) is 2.71. The Kier molecular flexibility index (Phi) is 7.68. The average molecular weight is 295 g/mol. The summed E-state index contributed by atoms with van der Waals surface area (Å²) in [5.41, 5.74) is 1.38. The molecule has 110 valence electrons. The van der Waals surface area contributed by atoms with Crippen LogP contribution in [0.4, 0.5) is 4.39 Å². The molecule has 1 aromatic carbocycles. The van der Waals surface area contributed by atoms with E-state index in [0.717, 1.165) is 24.3 Å². The highest BCUT2D eigenvalue weighted by atomic mass is 32.2. The Hall–Kier alpha value is -1.02. The van der Waals surface area contributed by atoms with Crippen molar-refractivity contribution < 1.29 is 9.50 Å². The van der Waals surface area contributed by atoms with Crippen LogP contribution in [0.3, 0.4) is 0 Å². The van der Waals surface area contributed by atoms with Crippen LogP contribution >= 0.6 is 11.8 Å². The van der Waals surface area contributed by atoms with Gasteiger partial charge in [0, 0.05) is 12.6 Å². The maximum absolute atomic E-state index is 13.6. The molecule has 0 spiro atoms. The molecular formula is C16H22FNOS. The van der Waals surface area contributed by atoms with E-state index < -0.39 is 0 Å². The van der Waals surface area contributed by atoms with E-state index >= 15 is 0 Å². The third-order valence-corrected chi connectivity index (χ3v) is 3.90. The van der Waals surface area contributed by atoms with Crippen LogP contribution in [0.5, 0.6) is 0 Å². The fourth-order valence-corrected chi connectivity index (χ4v) is 2.43. The summed E-state index contributed by atoms with van der Waals surface area (Å²) in [5, 5.41) is 8.68. The highest BCUT2D eigenvalue weighted by Crippen LogP contribution is 2.14. The van der Waals surface area contributed by atoms with E-state index in [2.05, 4.69) is 37.0 Å². The minimum absolute atomic E-state index is 0.255. The third-order valence-electron chi connectivity index (χ3n) is 3.26. The van der Waals surface area contributed by atoms with Gasteiger partial charge in [-0.05, 0) is 50.1 Å². The first-order valence-electron chi connectivity index (χ1n) is 6.65. The van der Waals surface area contributed by atoms with Crippen molar-refractivity contribution in [3.63, 3.8) is 0 Å². The molecule has 0 aliphatic heterocycles. The first-order valence-corrected chi connectivity index (χ1v) is 8.05. The Morgan fingerprint density at radius 3 is 2.85 bits per heavy atom. The van der Waals surface area contributed by atoms with E-state index in [4.69, 9.17) is 5.11 Å². The summed E-state index contributed by atoms with van der Waals surface area (Å²) in [4.78, 5) is 2.26. The van der Waals surface area contributed by atoms with Crippen molar-refractivity contribution in [1.82, 2.24) is 4.90 Å². The number of thioether (sulfide) groups is 1. The zero-order valence-electron chi connectivity index (χ0n) is 12.3. The van der Waals surface area contributed by atoms with Gasteiger partial charge in [0.05, 0.1) is 5.56 Å². The predicted octanol–water partition coefficient (Wildman–Crippen LogP) is 2.74. The molecule has 0 aliphatic rings. The summed E-state index contributed by atoms with van der Waals surface area (Å²) in [6, 6.07) is 5.48. The Morgan fingerprint density at radius 2 is 2.20 bits per heavy atom. The van der Waals surface area contributed by atoms with Crippen LogP contribution in [-0.2, 0) is 6.54 Å². The summed E-state index contributed by atoms with van der Waals surface area (Å²) >= 11 is 1.85. The smallest absolute Gasteiger partial charge is 0.138 e. The highest BCUT2D eigenvalue weighted by Gasteiger charge is 2.10. The van der Waals surface area contributed by atoms with E-state index in [-0.39, 0.29) is 12.4 Å². The fraction of sp³-hybridized carbons (Fsp3) is 0.500. The van der Waals surface area contributed by atoms with Crippen molar-refractivity contribution in [2.75, 3.05) is 25.7 Å². The van der Waals surface area contributed by atoms with Crippen LogP contribution in [0, 0.1) is 17.7 Å². The molecular weight excluding hydrogens is 273 g/mol. The topological polar surface area (TPSA) is 23.5 Å². The number of nitrogens with zero attached hydrogens (tertiary/aromatic N) is 1. The van der Waals surface area contributed by atoms with E-state index in [0.29, 0.717) is 11.6 Å². The molecule has 0 aromatic heterocycles. The van der Waals surface area contributed by atoms with Crippen molar-refractivity contribution in [3.05, 3.63) is 35.1 Å². The molecule has 20 heavy (non-hydrogen) atoms. The van der Waals surface area contributed by atoms with Crippen LogP contribution in [0.1, 0.15) is 24.5 Å². The molecule has 0 saturated carbocycles. The molecule has 0 fully saturated rings. The number of aliphatic hydroxyl groups is 1. The fourth-order valence-electron chi connectivity index (χ4n) is 1.85. The number of benzene rings is 1. The van der Waals surface area contributed by atoms with E-state index in [1.54, 1.807) is 12.1 Å². The zero-order valence-corrected chi connectivity index (χ0v) is 13.1. The summed E-state index contributed by atoms with van der Waals surface area (Å²) in [7, 11) is 2.08. The first kappa shape index (κ1) is 17.0. The molecule has 0 amide bonds. The lowest BCUT2D eigenvalue weighted by molar-refractivity contribution is 0.245. The molecule has 1 atom stereocenters. The van der Waals surface area contributed by atoms with Gasteiger partial charge >= 0.3 is 0 Å². The van der Waals surface area contributed by atoms with Crippen molar-refractivity contribution in [2.45, 2.75) is 25.9 Å². The Labute approximate surface area is 125 Å². The van der Waals surface area contributed by atoms with Crippen LogP contribution in [-0.4, -0.2) is 41.7 Å². The number of hydrogen-bond acceptors (Lipinski definition) is 3. The van der Waals surface area contributed by atoms with Crippen molar-refractivity contribution in [1.29, 1.82) is 0 Å². The summed E-state index contributed by atoms with van der Waals surface area (Å²) in [5.74, 6) is 5.93. The van der Waals surface area contributed by atoms with Crippen LogP contribution < -0.4 is 0 Å². The minimum Gasteiger partial charge on any atom is -0.384 e. The van der Waals surface area contributed by atoms with Gasteiger partial charge in [0.15, 0.2) is 0 Å². The number of rotatable bonds is 6. The maximum Gasteiger partial charge on any atom is 0.138 e. The van der Waals surface area contributed by atoms with Gasteiger partial charge in [0.25, 0.3) is 0 Å².